The van der Waals surface area contributed by atoms with Crippen molar-refractivity contribution in [3.05, 3.63) is 0 Å². The Kier molecular flexibility index (Phi) is 4.32. The largest absolute Gasteiger partial charge is 0.311 e. The Morgan fingerprint density at radius 3 is 2.33 bits per heavy atom. The van der Waals surface area contributed by atoms with Crippen LogP contribution in [0.15, 0.2) is 0 Å². The summed E-state index contributed by atoms with van der Waals surface area (Å²) in [7, 11) is 1.81. The van der Waals surface area contributed by atoms with Crippen LogP contribution in [0.5, 0.6) is 0 Å². The van der Waals surface area contributed by atoms with E-state index in [1.807, 2.05) is 7.05 Å². The zero-order valence-electron chi connectivity index (χ0n) is 6.35. The van der Waals surface area contributed by atoms with Gasteiger partial charge in [0, 0.05) is 0 Å². The number of hydrogen-bond acceptors (Lipinski definition) is 2. The number of hydrogen-bond donors (Lipinski definition) is 1. The van der Waals surface area contributed by atoms with Gasteiger partial charge in [0.2, 0.25) is 0 Å². The summed E-state index contributed by atoms with van der Waals surface area (Å²) in [5.74, 6) is 0.451. The molecular formula is C7H15NO. The van der Waals surface area contributed by atoms with E-state index >= 15 is 0 Å². The molecular weight excluding hydrogens is 114 g/mol. The van der Waals surface area contributed by atoms with Crippen molar-refractivity contribution in [2.24, 2.45) is 5.92 Å². The maximum atomic E-state index is 10.3. The number of nitrogens with one attached hydrogen (secondary N) is 1. The second-order valence-corrected chi connectivity index (χ2v) is 2.34. The molecule has 0 radical (unpaired) electrons. The molecule has 2 nitrogen and oxygen atoms in total. The lowest BCUT2D eigenvalue weighted by Crippen LogP contribution is -2.32. The lowest BCUT2D eigenvalue weighted by atomic mass is 10.0. The zero-order valence-corrected chi connectivity index (χ0v) is 6.35. The summed E-state index contributed by atoms with van der Waals surface area (Å²) >= 11 is 0. The van der Waals surface area contributed by atoms with Gasteiger partial charge in [-0.25, -0.2) is 0 Å². The van der Waals surface area contributed by atoms with E-state index in [-0.39, 0.29) is 6.04 Å². The fourth-order valence-corrected chi connectivity index (χ4v) is 0.741. The van der Waals surface area contributed by atoms with Crippen LogP contribution >= 0.6 is 0 Å². The zero-order chi connectivity index (χ0) is 7.28. The molecule has 0 fully saturated rings. The average molecular weight is 129 g/mol. The van der Waals surface area contributed by atoms with Gasteiger partial charge in [-0.2, -0.15) is 0 Å². The molecule has 54 valence electrons. The molecule has 0 unspecified atom stereocenters. The number of rotatable bonds is 4. The molecule has 0 aromatic rings. The molecule has 0 aliphatic carbocycles. The minimum atomic E-state index is 0.0370. The van der Waals surface area contributed by atoms with Crippen LogP contribution in [0.1, 0.15) is 20.3 Å². The second-order valence-electron chi connectivity index (χ2n) is 2.34. The highest BCUT2D eigenvalue weighted by Crippen LogP contribution is 2.03. The second kappa shape index (κ2) is 4.50. The summed E-state index contributed by atoms with van der Waals surface area (Å²) < 4.78 is 0. The third-order valence-electron chi connectivity index (χ3n) is 1.74. The first kappa shape index (κ1) is 8.63. The first-order chi connectivity index (χ1) is 4.26. The number of likely N-dealkylation sites (N-methyl/N-ethyl adjacent to an activating group) is 1. The van der Waals surface area contributed by atoms with E-state index in [0.717, 1.165) is 12.7 Å². The summed E-state index contributed by atoms with van der Waals surface area (Å²) in [5.41, 5.74) is 0. The van der Waals surface area contributed by atoms with Crippen molar-refractivity contribution in [2.45, 2.75) is 26.3 Å². The third-order valence-corrected chi connectivity index (χ3v) is 1.74. The van der Waals surface area contributed by atoms with E-state index in [1.54, 1.807) is 0 Å². The van der Waals surface area contributed by atoms with Gasteiger partial charge in [0.15, 0.2) is 0 Å². The molecule has 0 heterocycles. The molecule has 0 aliphatic rings. The summed E-state index contributed by atoms with van der Waals surface area (Å²) in [5, 5.41) is 2.93. The quantitative estimate of drug-likeness (QED) is 0.569. The van der Waals surface area contributed by atoms with Gasteiger partial charge in [0.05, 0.1) is 6.04 Å². The van der Waals surface area contributed by atoms with Gasteiger partial charge in [-0.3, -0.25) is 0 Å². The number of carbonyl (C=O) groups excluding carboxylic acids is 1. The SMILES string of the molecule is CC[C@@H](C)[C@@H](C=O)NC. The molecule has 0 amide bonds. The molecule has 0 aromatic heterocycles. The molecule has 2 heteroatoms. The van der Waals surface area contributed by atoms with E-state index in [1.165, 1.54) is 0 Å². The summed E-state index contributed by atoms with van der Waals surface area (Å²) in [6.45, 7) is 4.15. The van der Waals surface area contributed by atoms with E-state index in [2.05, 4.69) is 19.2 Å². The summed E-state index contributed by atoms with van der Waals surface area (Å²) in [6, 6.07) is 0.0370. The maximum Gasteiger partial charge on any atom is 0.137 e. The van der Waals surface area contributed by atoms with Crippen LogP contribution < -0.4 is 5.32 Å². The maximum absolute atomic E-state index is 10.3. The van der Waals surface area contributed by atoms with Crippen molar-refractivity contribution >= 4 is 6.29 Å². The van der Waals surface area contributed by atoms with Crippen LogP contribution in [-0.4, -0.2) is 19.4 Å². The molecule has 0 aliphatic heterocycles. The highest BCUT2D eigenvalue weighted by Gasteiger charge is 2.10. The number of aldehydes is 1. The highest BCUT2D eigenvalue weighted by atomic mass is 16.1. The average Bonchev–Trinajstić information content (AvgIpc) is 1.90. The molecule has 0 saturated heterocycles. The third kappa shape index (κ3) is 2.61. The predicted molar refractivity (Wildman–Crippen MR) is 38.4 cm³/mol. The van der Waals surface area contributed by atoms with Gasteiger partial charge in [-0.05, 0) is 13.0 Å². The smallest absolute Gasteiger partial charge is 0.137 e. The summed E-state index contributed by atoms with van der Waals surface area (Å²) in [4.78, 5) is 10.3. The summed E-state index contributed by atoms with van der Waals surface area (Å²) in [6.07, 6.45) is 2.01. The Hall–Kier alpha value is -0.370. The van der Waals surface area contributed by atoms with E-state index in [4.69, 9.17) is 0 Å². The van der Waals surface area contributed by atoms with Gasteiger partial charge >= 0.3 is 0 Å². The van der Waals surface area contributed by atoms with Crippen LogP contribution in [0.4, 0.5) is 0 Å². The van der Waals surface area contributed by atoms with Crippen molar-refractivity contribution in [3.8, 4) is 0 Å². The van der Waals surface area contributed by atoms with Crippen molar-refractivity contribution in [3.63, 3.8) is 0 Å². The van der Waals surface area contributed by atoms with E-state index in [9.17, 15) is 4.79 Å². The van der Waals surface area contributed by atoms with Gasteiger partial charge in [0.1, 0.15) is 6.29 Å². The Morgan fingerprint density at radius 1 is 1.67 bits per heavy atom. The van der Waals surface area contributed by atoms with Gasteiger partial charge in [-0.15, -0.1) is 0 Å². The Labute approximate surface area is 56.6 Å². The minimum Gasteiger partial charge on any atom is -0.311 e. The molecule has 0 saturated carbocycles. The topological polar surface area (TPSA) is 29.1 Å². The predicted octanol–water partition coefficient (Wildman–Crippen LogP) is 0.819. The van der Waals surface area contributed by atoms with E-state index in [0.29, 0.717) is 5.92 Å². The molecule has 2 atom stereocenters. The standard InChI is InChI=1S/C7H15NO/c1-4-6(2)7(5-9)8-3/h5-8H,4H2,1-3H3/t6-,7-/m1/s1. The van der Waals surface area contributed by atoms with Gasteiger partial charge < -0.3 is 10.1 Å². The first-order valence-corrected chi connectivity index (χ1v) is 3.38. The molecule has 0 bridgehead atoms. The van der Waals surface area contributed by atoms with Crippen molar-refractivity contribution in [2.75, 3.05) is 7.05 Å². The first-order valence-electron chi connectivity index (χ1n) is 3.38. The molecule has 1 N–H and O–H groups in total. The molecule has 9 heavy (non-hydrogen) atoms. The van der Waals surface area contributed by atoms with Crippen molar-refractivity contribution in [1.29, 1.82) is 0 Å². The van der Waals surface area contributed by atoms with Gasteiger partial charge in [0.25, 0.3) is 0 Å². The Morgan fingerprint density at radius 2 is 2.22 bits per heavy atom. The van der Waals surface area contributed by atoms with Crippen LogP contribution in [-0.2, 0) is 4.79 Å². The highest BCUT2D eigenvalue weighted by molar-refractivity contribution is 5.57. The van der Waals surface area contributed by atoms with E-state index < -0.39 is 0 Å². The minimum absolute atomic E-state index is 0.0370. The van der Waals surface area contributed by atoms with Crippen molar-refractivity contribution in [1.82, 2.24) is 5.32 Å². The van der Waals surface area contributed by atoms with Crippen LogP contribution in [0.2, 0.25) is 0 Å². The molecule has 0 aromatic carbocycles. The normalized spacial score (nSPS) is 16.8. The molecule has 0 spiro atoms. The van der Waals surface area contributed by atoms with Gasteiger partial charge in [-0.1, -0.05) is 20.3 Å². The number of carbonyl (C=O) groups is 1. The monoisotopic (exact) mass is 129 g/mol. The lowest BCUT2D eigenvalue weighted by Gasteiger charge is -2.14. The van der Waals surface area contributed by atoms with Crippen LogP contribution in [0, 0.1) is 5.92 Å². The van der Waals surface area contributed by atoms with Crippen LogP contribution in [0.3, 0.4) is 0 Å². The molecule has 0 rings (SSSR count). The fraction of sp³-hybridized carbons (Fsp3) is 0.857. The Balaban J connectivity index is 3.63. The van der Waals surface area contributed by atoms with Crippen molar-refractivity contribution < 1.29 is 4.79 Å². The van der Waals surface area contributed by atoms with Crippen LogP contribution in [0.25, 0.3) is 0 Å². The fourth-order valence-electron chi connectivity index (χ4n) is 0.741. The Bertz CT molecular complexity index is 83.0. The lowest BCUT2D eigenvalue weighted by molar-refractivity contribution is -0.110.